The highest BCUT2D eigenvalue weighted by molar-refractivity contribution is 7.51. The van der Waals surface area contributed by atoms with Crippen molar-refractivity contribution >= 4 is 25.7 Å². The molecular weight excluding hydrogens is 225 g/mol. The molecule has 0 fully saturated rings. The summed E-state index contributed by atoms with van der Waals surface area (Å²) >= 11 is 0. The minimum Gasteiger partial charge on any atom is -0.363 e. The number of hydrogen-bond donors (Lipinski definition) is 2. The summed E-state index contributed by atoms with van der Waals surface area (Å²) in [5.41, 5.74) is 0.797. The highest BCUT2D eigenvalue weighted by Crippen LogP contribution is 2.35. The van der Waals surface area contributed by atoms with Crippen molar-refractivity contribution in [2.45, 2.75) is 0 Å². The molecule has 0 atom stereocenters. The van der Waals surface area contributed by atoms with Crippen LogP contribution >= 0.6 is 20.0 Å². The van der Waals surface area contributed by atoms with Crippen molar-refractivity contribution in [3.8, 4) is 0 Å². The standard InChI is InChI=1S/C8H12NO3P.ClH/c1-9(7-13(10,11)12)8-5-3-2-4-6-8;/h2-6H,7H2,1H3,(H2,10,11,12);1H. The summed E-state index contributed by atoms with van der Waals surface area (Å²) in [6.07, 6.45) is -0.253. The maximum Gasteiger partial charge on any atom is 0.344 e. The molecular formula is C8H13ClNO3P. The molecule has 1 aromatic carbocycles. The molecule has 0 bridgehead atoms. The minimum absolute atomic E-state index is 0. The van der Waals surface area contributed by atoms with Gasteiger partial charge in [-0.3, -0.25) is 4.57 Å². The van der Waals surface area contributed by atoms with E-state index in [1.54, 1.807) is 19.2 Å². The van der Waals surface area contributed by atoms with Crippen LogP contribution in [0.2, 0.25) is 0 Å². The molecule has 1 aromatic rings. The number of hydrogen-bond acceptors (Lipinski definition) is 2. The molecule has 0 aliphatic rings. The Morgan fingerprint density at radius 2 is 1.79 bits per heavy atom. The quantitative estimate of drug-likeness (QED) is 0.786. The lowest BCUT2D eigenvalue weighted by Crippen LogP contribution is -2.18. The van der Waals surface area contributed by atoms with Gasteiger partial charge in [0.2, 0.25) is 0 Å². The van der Waals surface area contributed by atoms with E-state index in [4.69, 9.17) is 9.79 Å². The van der Waals surface area contributed by atoms with Crippen molar-refractivity contribution in [1.29, 1.82) is 0 Å². The predicted octanol–water partition coefficient (Wildman–Crippen LogP) is 1.68. The summed E-state index contributed by atoms with van der Waals surface area (Å²) in [4.78, 5) is 19.0. The smallest absolute Gasteiger partial charge is 0.344 e. The van der Waals surface area contributed by atoms with Gasteiger partial charge in [0.25, 0.3) is 0 Å². The monoisotopic (exact) mass is 237 g/mol. The maximum absolute atomic E-state index is 10.7. The van der Waals surface area contributed by atoms with Crippen molar-refractivity contribution in [1.82, 2.24) is 0 Å². The van der Waals surface area contributed by atoms with E-state index >= 15 is 0 Å². The first-order valence-corrected chi connectivity index (χ1v) is 5.59. The van der Waals surface area contributed by atoms with E-state index in [9.17, 15) is 4.57 Å². The van der Waals surface area contributed by atoms with E-state index < -0.39 is 7.60 Å². The topological polar surface area (TPSA) is 60.8 Å². The number of rotatable bonds is 3. The fourth-order valence-corrected chi connectivity index (χ4v) is 1.76. The molecule has 0 aliphatic carbocycles. The second-order valence-electron chi connectivity index (χ2n) is 2.84. The number of anilines is 1. The van der Waals surface area contributed by atoms with Gasteiger partial charge in [-0.1, -0.05) is 18.2 Å². The van der Waals surface area contributed by atoms with Gasteiger partial charge in [0.05, 0.1) is 0 Å². The Hall–Kier alpha value is -0.540. The van der Waals surface area contributed by atoms with Crippen LogP contribution in [0.25, 0.3) is 0 Å². The van der Waals surface area contributed by atoms with Gasteiger partial charge in [0.15, 0.2) is 0 Å². The highest BCUT2D eigenvalue weighted by atomic mass is 35.5. The van der Waals surface area contributed by atoms with E-state index in [-0.39, 0.29) is 18.7 Å². The summed E-state index contributed by atoms with van der Waals surface area (Å²) in [7, 11) is -2.31. The Balaban J connectivity index is 0.00000169. The number of benzene rings is 1. The fourth-order valence-electron chi connectivity index (χ4n) is 1.04. The highest BCUT2D eigenvalue weighted by Gasteiger charge is 2.16. The summed E-state index contributed by atoms with van der Waals surface area (Å²) in [6, 6.07) is 9.11. The molecule has 0 saturated heterocycles. The molecule has 4 nitrogen and oxygen atoms in total. The largest absolute Gasteiger partial charge is 0.363 e. The molecule has 0 amide bonds. The molecule has 0 heterocycles. The summed E-state index contributed by atoms with van der Waals surface area (Å²) in [5.74, 6) is 0. The van der Waals surface area contributed by atoms with Crippen LogP contribution in [0.5, 0.6) is 0 Å². The Bertz CT molecular complexity index is 314. The SMILES string of the molecule is CN(CP(=O)(O)O)c1ccccc1.Cl. The van der Waals surface area contributed by atoms with Gasteiger partial charge in [-0.05, 0) is 12.1 Å². The second-order valence-corrected chi connectivity index (χ2v) is 4.45. The van der Waals surface area contributed by atoms with Gasteiger partial charge in [-0.2, -0.15) is 0 Å². The number of halogens is 1. The first kappa shape index (κ1) is 13.5. The summed E-state index contributed by atoms with van der Waals surface area (Å²) < 4.78 is 10.7. The van der Waals surface area contributed by atoms with E-state index in [1.807, 2.05) is 18.2 Å². The molecule has 1 rings (SSSR count). The predicted molar refractivity (Wildman–Crippen MR) is 59.0 cm³/mol. The van der Waals surface area contributed by atoms with Crippen LogP contribution in [-0.4, -0.2) is 23.1 Å². The third-order valence-corrected chi connectivity index (χ3v) is 2.39. The first-order valence-electron chi connectivity index (χ1n) is 3.80. The van der Waals surface area contributed by atoms with Crippen LogP contribution in [0.1, 0.15) is 0 Å². The van der Waals surface area contributed by atoms with Gasteiger partial charge in [0, 0.05) is 12.7 Å². The Morgan fingerprint density at radius 3 is 2.21 bits per heavy atom. The Labute approximate surface area is 89.1 Å². The van der Waals surface area contributed by atoms with Gasteiger partial charge < -0.3 is 14.7 Å². The maximum atomic E-state index is 10.7. The average molecular weight is 238 g/mol. The Morgan fingerprint density at radius 1 is 1.29 bits per heavy atom. The molecule has 0 unspecified atom stereocenters. The molecule has 0 aromatic heterocycles. The van der Waals surface area contributed by atoms with Gasteiger partial charge in [0.1, 0.15) is 6.29 Å². The van der Waals surface area contributed by atoms with Crippen LogP contribution in [0.15, 0.2) is 30.3 Å². The van der Waals surface area contributed by atoms with Crippen LogP contribution in [0.4, 0.5) is 5.69 Å². The van der Waals surface area contributed by atoms with Crippen LogP contribution in [0, 0.1) is 0 Å². The van der Waals surface area contributed by atoms with Crippen molar-refractivity contribution in [3.63, 3.8) is 0 Å². The van der Waals surface area contributed by atoms with Gasteiger partial charge >= 0.3 is 7.60 Å². The van der Waals surface area contributed by atoms with E-state index in [1.165, 1.54) is 4.90 Å². The van der Waals surface area contributed by atoms with E-state index in [0.717, 1.165) is 5.69 Å². The molecule has 0 radical (unpaired) electrons. The fraction of sp³-hybridized carbons (Fsp3) is 0.250. The zero-order valence-electron chi connectivity index (χ0n) is 7.70. The lowest BCUT2D eigenvalue weighted by Gasteiger charge is -2.19. The van der Waals surface area contributed by atoms with E-state index in [0.29, 0.717) is 0 Å². The van der Waals surface area contributed by atoms with Crippen molar-refractivity contribution in [2.75, 3.05) is 18.2 Å². The molecule has 2 N–H and O–H groups in total. The molecule has 14 heavy (non-hydrogen) atoms. The molecule has 0 saturated carbocycles. The van der Waals surface area contributed by atoms with Crippen molar-refractivity contribution in [3.05, 3.63) is 30.3 Å². The van der Waals surface area contributed by atoms with Crippen LogP contribution in [-0.2, 0) is 4.57 Å². The average Bonchev–Trinajstić information content (AvgIpc) is 2.03. The minimum atomic E-state index is -3.96. The Kier molecular flexibility index (Phi) is 5.16. The number of nitrogens with zero attached hydrogens (tertiary/aromatic N) is 1. The van der Waals surface area contributed by atoms with Gasteiger partial charge in [-0.15, -0.1) is 12.4 Å². The third-order valence-electron chi connectivity index (χ3n) is 1.59. The first-order chi connectivity index (χ1) is 5.99. The normalized spacial score (nSPS) is 10.5. The van der Waals surface area contributed by atoms with Crippen molar-refractivity contribution in [2.24, 2.45) is 0 Å². The van der Waals surface area contributed by atoms with Gasteiger partial charge in [-0.25, -0.2) is 0 Å². The molecule has 0 aliphatic heterocycles. The lowest BCUT2D eigenvalue weighted by molar-refractivity contribution is 0.373. The summed E-state index contributed by atoms with van der Waals surface area (Å²) in [6.45, 7) is 0. The third kappa shape index (κ3) is 4.63. The van der Waals surface area contributed by atoms with Crippen LogP contribution in [0.3, 0.4) is 0 Å². The van der Waals surface area contributed by atoms with Crippen LogP contribution < -0.4 is 4.90 Å². The lowest BCUT2D eigenvalue weighted by atomic mass is 10.3. The summed E-state index contributed by atoms with van der Waals surface area (Å²) in [5, 5.41) is 0. The van der Waals surface area contributed by atoms with Crippen molar-refractivity contribution < 1.29 is 14.4 Å². The zero-order chi connectivity index (χ0) is 9.90. The number of para-hydroxylation sites is 1. The molecule has 80 valence electrons. The molecule has 6 heteroatoms. The second kappa shape index (κ2) is 5.37. The zero-order valence-corrected chi connectivity index (χ0v) is 9.41. The molecule has 0 spiro atoms. The van der Waals surface area contributed by atoms with E-state index in [2.05, 4.69) is 0 Å².